The van der Waals surface area contributed by atoms with Crippen molar-refractivity contribution in [3.63, 3.8) is 0 Å². The summed E-state index contributed by atoms with van der Waals surface area (Å²) in [6.07, 6.45) is 1.32. The van der Waals surface area contributed by atoms with E-state index in [9.17, 15) is 20.0 Å². The van der Waals surface area contributed by atoms with E-state index in [0.29, 0.717) is 17.1 Å². The molecule has 8 nitrogen and oxygen atoms in total. The largest absolute Gasteiger partial charge is 0.507 e. The Kier molecular flexibility index (Phi) is 4.98. The minimum atomic E-state index is -0.553. The van der Waals surface area contributed by atoms with Crippen molar-refractivity contribution in [1.29, 1.82) is 0 Å². The number of nitrogens with zero attached hydrogens (tertiary/aromatic N) is 2. The van der Waals surface area contributed by atoms with Gasteiger partial charge in [-0.15, -0.1) is 0 Å². The Labute approximate surface area is 153 Å². The van der Waals surface area contributed by atoms with Crippen LogP contribution in [-0.4, -0.2) is 22.2 Å². The second kappa shape index (κ2) is 7.52. The van der Waals surface area contributed by atoms with E-state index < -0.39 is 10.8 Å². The van der Waals surface area contributed by atoms with Gasteiger partial charge in [-0.25, -0.2) is 5.43 Å². The van der Waals surface area contributed by atoms with Gasteiger partial charge in [0.15, 0.2) is 0 Å². The van der Waals surface area contributed by atoms with E-state index >= 15 is 0 Å². The number of carbonyl (C=O) groups excluding carboxylic acids is 1. The first kappa shape index (κ1) is 17.9. The van der Waals surface area contributed by atoms with Crippen molar-refractivity contribution in [2.75, 3.05) is 0 Å². The topological polar surface area (TPSA) is 118 Å². The molecule has 0 atom stereocenters. The average molecular weight is 365 g/mol. The Bertz CT molecular complexity index is 1040. The van der Waals surface area contributed by atoms with Gasteiger partial charge in [0, 0.05) is 17.7 Å². The third-order valence-corrected chi connectivity index (χ3v) is 3.82. The maximum atomic E-state index is 11.9. The van der Waals surface area contributed by atoms with Crippen LogP contribution in [0.15, 0.2) is 64.1 Å². The fourth-order valence-electron chi connectivity index (χ4n) is 2.49. The number of phenolic OH excluding ortho intramolecular Hbond substituents is 1. The lowest BCUT2D eigenvalue weighted by atomic mass is 10.1. The number of nitro groups is 1. The quantitative estimate of drug-likeness (QED) is 0.407. The second-order valence-electron chi connectivity index (χ2n) is 5.67. The normalized spacial score (nSPS) is 10.9. The number of aryl methyl sites for hydroxylation is 1. The number of para-hydroxylation sites is 1. The molecule has 0 radical (unpaired) electrons. The molecule has 3 aromatic rings. The van der Waals surface area contributed by atoms with Crippen molar-refractivity contribution >= 4 is 17.8 Å². The van der Waals surface area contributed by atoms with E-state index in [2.05, 4.69) is 10.5 Å². The van der Waals surface area contributed by atoms with Crippen molar-refractivity contribution < 1.29 is 19.2 Å². The molecule has 1 amide bonds. The fourth-order valence-corrected chi connectivity index (χ4v) is 2.49. The molecule has 136 valence electrons. The zero-order valence-electron chi connectivity index (χ0n) is 14.2. The molecule has 1 heterocycles. The molecule has 0 spiro atoms. The van der Waals surface area contributed by atoms with Crippen LogP contribution >= 0.6 is 0 Å². The lowest BCUT2D eigenvalue weighted by molar-refractivity contribution is -0.384. The maximum Gasteiger partial charge on any atom is 0.275 e. The van der Waals surface area contributed by atoms with Gasteiger partial charge in [-0.3, -0.25) is 14.9 Å². The number of hydrogen-bond donors (Lipinski definition) is 2. The van der Waals surface area contributed by atoms with Crippen molar-refractivity contribution in [3.05, 3.63) is 81.6 Å². The Hall–Kier alpha value is -3.94. The molecule has 0 saturated heterocycles. The van der Waals surface area contributed by atoms with Gasteiger partial charge >= 0.3 is 0 Å². The Balaban J connectivity index is 1.71. The van der Waals surface area contributed by atoms with Crippen LogP contribution in [0.3, 0.4) is 0 Å². The number of non-ortho nitro benzene ring substituents is 1. The van der Waals surface area contributed by atoms with E-state index in [1.54, 1.807) is 37.3 Å². The first-order valence-electron chi connectivity index (χ1n) is 7.92. The highest BCUT2D eigenvalue weighted by Crippen LogP contribution is 2.28. The van der Waals surface area contributed by atoms with Gasteiger partial charge < -0.3 is 9.52 Å². The van der Waals surface area contributed by atoms with Gasteiger partial charge in [0.1, 0.15) is 17.3 Å². The van der Waals surface area contributed by atoms with Crippen LogP contribution < -0.4 is 5.43 Å². The highest BCUT2D eigenvalue weighted by atomic mass is 16.6. The summed E-state index contributed by atoms with van der Waals surface area (Å²) in [5, 5.41) is 24.3. The molecule has 0 aliphatic rings. The number of nitro benzene ring substituents is 1. The van der Waals surface area contributed by atoms with Gasteiger partial charge in [0.25, 0.3) is 11.6 Å². The van der Waals surface area contributed by atoms with E-state index in [1.807, 2.05) is 0 Å². The zero-order chi connectivity index (χ0) is 19.4. The molecule has 8 heteroatoms. The molecule has 0 aliphatic carbocycles. The number of hydrogen-bond acceptors (Lipinski definition) is 6. The van der Waals surface area contributed by atoms with Crippen molar-refractivity contribution in [3.8, 4) is 17.1 Å². The number of amides is 1. The average Bonchev–Trinajstić information content (AvgIpc) is 3.10. The molecule has 27 heavy (non-hydrogen) atoms. The lowest BCUT2D eigenvalue weighted by Gasteiger charge is -2.02. The molecule has 1 aromatic heterocycles. The van der Waals surface area contributed by atoms with Gasteiger partial charge in [-0.1, -0.05) is 12.1 Å². The van der Waals surface area contributed by atoms with E-state index in [1.165, 1.54) is 30.5 Å². The van der Waals surface area contributed by atoms with Gasteiger partial charge in [0.2, 0.25) is 0 Å². The van der Waals surface area contributed by atoms with Crippen LogP contribution in [-0.2, 0) is 0 Å². The summed E-state index contributed by atoms with van der Waals surface area (Å²) in [7, 11) is 0. The molecule has 3 rings (SSSR count). The first-order valence-corrected chi connectivity index (χ1v) is 7.92. The monoisotopic (exact) mass is 365 g/mol. The summed E-state index contributed by atoms with van der Waals surface area (Å²) in [6.45, 7) is 1.76. The Morgan fingerprint density at radius 1 is 1.22 bits per heavy atom. The van der Waals surface area contributed by atoms with Crippen molar-refractivity contribution in [1.82, 2.24) is 5.43 Å². The van der Waals surface area contributed by atoms with Crippen LogP contribution in [0.4, 0.5) is 5.69 Å². The lowest BCUT2D eigenvalue weighted by Crippen LogP contribution is -2.17. The van der Waals surface area contributed by atoms with E-state index in [4.69, 9.17) is 4.42 Å². The summed E-state index contributed by atoms with van der Waals surface area (Å²) in [6, 6.07) is 14.0. The van der Waals surface area contributed by atoms with Crippen LogP contribution in [0.25, 0.3) is 11.3 Å². The molecular formula is C19H15N3O5. The molecule has 2 aromatic carbocycles. The number of phenols is 1. The number of furan rings is 1. The Morgan fingerprint density at radius 2 is 2.00 bits per heavy atom. The number of nitrogens with one attached hydrogen (secondary N) is 1. The van der Waals surface area contributed by atoms with Crippen LogP contribution in [0, 0.1) is 17.0 Å². The third kappa shape index (κ3) is 4.01. The summed E-state index contributed by atoms with van der Waals surface area (Å²) >= 11 is 0. The minimum absolute atomic E-state index is 0.0106. The van der Waals surface area contributed by atoms with Crippen molar-refractivity contribution in [2.24, 2.45) is 5.10 Å². The molecule has 0 aliphatic heterocycles. The number of aromatic hydroxyl groups is 1. The number of carbonyl (C=O) groups is 1. The summed E-state index contributed by atoms with van der Waals surface area (Å²) < 4.78 is 5.64. The van der Waals surface area contributed by atoms with Gasteiger partial charge in [0.05, 0.1) is 16.7 Å². The number of rotatable bonds is 5. The maximum absolute atomic E-state index is 11.9. The van der Waals surface area contributed by atoms with Crippen LogP contribution in [0.1, 0.15) is 21.7 Å². The second-order valence-corrected chi connectivity index (χ2v) is 5.67. The Morgan fingerprint density at radius 3 is 2.70 bits per heavy atom. The van der Waals surface area contributed by atoms with Crippen LogP contribution in [0.2, 0.25) is 0 Å². The summed E-state index contributed by atoms with van der Waals surface area (Å²) in [5.41, 5.74) is 3.85. The van der Waals surface area contributed by atoms with Gasteiger partial charge in [-0.05, 0) is 42.8 Å². The molecule has 0 fully saturated rings. The van der Waals surface area contributed by atoms with Gasteiger partial charge in [-0.2, -0.15) is 5.10 Å². The molecule has 0 bridgehead atoms. The summed E-state index contributed by atoms with van der Waals surface area (Å²) in [5.74, 6) is 0.220. The van der Waals surface area contributed by atoms with E-state index in [-0.39, 0.29) is 17.0 Å². The number of benzene rings is 2. The smallest absolute Gasteiger partial charge is 0.275 e. The molecular weight excluding hydrogens is 350 g/mol. The zero-order valence-corrected chi connectivity index (χ0v) is 14.2. The predicted molar refractivity (Wildman–Crippen MR) is 98.7 cm³/mol. The first-order chi connectivity index (χ1) is 13.0. The standard InChI is InChI=1S/C19H15N3O5/c1-12-10-13(22(25)26)6-8-15(12)18-9-7-14(27-18)11-20-21-19(24)16-4-2-3-5-17(16)23/h2-11,23H,1H3,(H,21,24). The SMILES string of the molecule is Cc1cc([N+](=O)[O-])ccc1-c1ccc(C=NNC(=O)c2ccccc2O)o1. The predicted octanol–water partition coefficient (Wildman–Crippen LogP) is 3.63. The molecule has 0 saturated carbocycles. The minimum Gasteiger partial charge on any atom is -0.507 e. The van der Waals surface area contributed by atoms with Crippen LogP contribution in [0.5, 0.6) is 5.75 Å². The number of hydrazone groups is 1. The highest BCUT2D eigenvalue weighted by molar-refractivity contribution is 5.97. The van der Waals surface area contributed by atoms with Crippen molar-refractivity contribution in [2.45, 2.75) is 6.92 Å². The highest BCUT2D eigenvalue weighted by Gasteiger charge is 2.12. The fraction of sp³-hybridized carbons (Fsp3) is 0.0526. The summed E-state index contributed by atoms with van der Waals surface area (Å²) in [4.78, 5) is 22.3. The molecule has 2 N–H and O–H groups in total. The molecule has 0 unspecified atom stereocenters. The third-order valence-electron chi connectivity index (χ3n) is 3.82. The van der Waals surface area contributed by atoms with E-state index in [0.717, 1.165) is 5.56 Å².